The second kappa shape index (κ2) is 7.88. The molecule has 0 aliphatic carbocycles. The number of hydrogen-bond acceptors (Lipinski definition) is 6. The number of nitrogens with one attached hydrogen (secondary N) is 2. The Bertz CT molecular complexity index is 720. The van der Waals surface area contributed by atoms with Crippen molar-refractivity contribution in [1.29, 1.82) is 0 Å². The summed E-state index contributed by atoms with van der Waals surface area (Å²) in [6.07, 6.45) is 4.92. The number of pyridine rings is 2. The highest BCUT2D eigenvalue weighted by atomic mass is 33.1. The third-order valence-electron chi connectivity index (χ3n) is 2.95. The van der Waals surface area contributed by atoms with Crippen molar-refractivity contribution in [2.45, 2.75) is 9.79 Å². The largest absolute Gasteiger partial charge is 0.619 e. The van der Waals surface area contributed by atoms with E-state index in [4.69, 9.17) is 0 Å². The summed E-state index contributed by atoms with van der Waals surface area (Å²) >= 11 is 0. The van der Waals surface area contributed by atoms with E-state index in [-0.39, 0.29) is 22.9 Å². The van der Waals surface area contributed by atoms with E-state index in [0.29, 0.717) is 19.3 Å². The lowest BCUT2D eigenvalue weighted by Crippen LogP contribution is -2.29. The summed E-state index contributed by atoms with van der Waals surface area (Å²) in [5, 5.41) is 27.7. The average molecular weight is 366 g/mol. The Morgan fingerprint density at radius 3 is 1.58 bits per heavy atom. The molecule has 0 spiro atoms. The molecule has 0 saturated carbocycles. The molecule has 10 heteroatoms. The number of carbonyl (C=O) groups excluding carboxylic acids is 2. The molecule has 2 heterocycles. The molecule has 0 aliphatic heterocycles. The number of aromatic nitrogens is 2. The SMILES string of the molecule is CNC(=O)c1c[n+]([O-])ccc1SSc1cc[n+]([O-])cc1C(=O)NC. The molecule has 0 bridgehead atoms. The zero-order chi connectivity index (χ0) is 17.7. The molecule has 0 unspecified atom stereocenters. The molecule has 2 aromatic rings. The Balaban J connectivity index is 2.29. The Morgan fingerprint density at radius 1 is 0.875 bits per heavy atom. The van der Waals surface area contributed by atoms with E-state index in [1.54, 1.807) is 0 Å². The highest BCUT2D eigenvalue weighted by molar-refractivity contribution is 8.76. The maximum absolute atomic E-state index is 11.9. The van der Waals surface area contributed by atoms with Crippen LogP contribution in [0.25, 0.3) is 0 Å². The summed E-state index contributed by atoms with van der Waals surface area (Å²) in [7, 11) is 5.37. The van der Waals surface area contributed by atoms with E-state index in [9.17, 15) is 20.0 Å². The number of rotatable bonds is 5. The van der Waals surface area contributed by atoms with Gasteiger partial charge in [-0.05, 0) is 0 Å². The van der Waals surface area contributed by atoms with Gasteiger partial charge in [0, 0.05) is 36.0 Å². The number of nitrogens with zero attached hydrogens (tertiary/aromatic N) is 2. The van der Waals surface area contributed by atoms with Crippen molar-refractivity contribution < 1.29 is 19.0 Å². The molecule has 2 amide bonds. The first kappa shape index (κ1) is 17.9. The molecule has 2 rings (SSSR count). The van der Waals surface area contributed by atoms with Crippen LogP contribution < -0.4 is 20.1 Å². The zero-order valence-electron chi connectivity index (χ0n) is 12.8. The van der Waals surface area contributed by atoms with Gasteiger partial charge in [-0.2, -0.15) is 9.46 Å². The maximum Gasteiger partial charge on any atom is 0.258 e. The van der Waals surface area contributed by atoms with Crippen LogP contribution >= 0.6 is 21.6 Å². The van der Waals surface area contributed by atoms with Crippen LogP contribution in [0.15, 0.2) is 46.7 Å². The zero-order valence-corrected chi connectivity index (χ0v) is 14.4. The van der Waals surface area contributed by atoms with E-state index in [2.05, 4.69) is 10.6 Å². The van der Waals surface area contributed by atoms with Crippen LogP contribution in [-0.4, -0.2) is 25.9 Å². The van der Waals surface area contributed by atoms with Crippen LogP contribution in [0, 0.1) is 10.4 Å². The normalized spacial score (nSPS) is 10.2. The molecular formula is C14H14N4O4S2. The lowest BCUT2D eigenvalue weighted by molar-refractivity contribution is -0.606. The Labute approximate surface area is 145 Å². The van der Waals surface area contributed by atoms with Crippen LogP contribution in [0.4, 0.5) is 0 Å². The summed E-state index contributed by atoms with van der Waals surface area (Å²) in [4.78, 5) is 24.9. The molecule has 0 radical (unpaired) electrons. The van der Waals surface area contributed by atoms with Crippen molar-refractivity contribution in [3.8, 4) is 0 Å². The Hall–Kier alpha value is -2.46. The lowest BCUT2D eigenvalue weighted by atomic mass is 10.3. The van der Waals surface area contributed by atoms with Crippen LogP contribution in [0.5, 0.6) is 0 Å². The van der Waals surface area contributed by atoms with Crippen molar-refractivity contribution in [3.05, 3.63) is 58.5 Å². The molecule has 0 aromatic carbocycles. The van der Waals surface area contributed by atoms with Gasteiger partial charge < -0.3 is 21.0 Å². The maximum atomic E-state index is 11.9. The molecule has 2 aromatic heterocycles. The van der Waals surface area contributed by atoms with E-state index in [1.165, 1.54) is 72.6 Å². The fraction of sp³-hybridized carbons (Fsp3) is 0.143. The highest BCUT2D eigenvalue weighted by Gasteiger charge is 2.18. The third-order valence-corrected chi connectivity index (χ3v) is 5.44. The van der Waals surface area contributed by atoms with Crippen molar-refractivity contribution in [2.75, 3.05) is 14.1 Å². The summed E-state index contributed by atoms with van der Waals surface area (Å²) in [5.74, 6) is -0.777. The first-order chi connectivity index (χ1) is 11.5. The average Bonchev–Trinajstić information content (AvgIpc) is 2.59. The molecule has 0 atom stereocenters. The minimum Gasteiger partial charge on any atom is -0.619 e. The van der Waals surface area contributed by atoms with Gasteiger partial charge in [0.15, 0.2) is 24.8 Å². The van der Waals surface area contributed by atoms with Crippen LogP contribution in [0.1, 0.15) is 20.7 Å². The quantitative estimate of drug-likeness (QED) is 0.452. The van der Waals surface area contributed by atoms with Gasteiger partial charge >= 0.3 is 0 Å². The van der Waals surface area contributed by atoms with Gasteiger partial charge in [-0.3, -0.25) is 9.59 Å². The van der Waals surface area contributed by atoms with E-state index in [0.717, 1.165) is 0 Å². The van der Waals surface area contributed by atoms with E-state index < -0.39 is 0 Å². The van der Waals surface area contributed by atoms with Crippen LogP contribution in [0.2, 0.25) is 0 Å². The summed E-state index contributed by atoms with van der Waals surface area (Å²) < 4.78 is 1.08. The molecule has 24 heavy (non-hydrogen) atoms. The molecule has 2 N–H and O–H groups in total. The first-order valence-electron chi connectivity index (χ1n) is 6.70. The Kier molecular flexibility index (Phi) is 5.88. The smallest absolute Gasteiger partial charge is 0.258 e. The molecule has 0 saturated heterocycles. The summed E-state index contributed by atoms with van der Waals surface area (Å²) in [5.41, 5.74) is 0.452. The molecule has 0 aliphatic rings. The first-order valence-corrected chi connectivity index (χ1v) is 8.85. The van der Waals surface area contributed by atoms with Gasteiger partial charge in [0.1, 0.15) is 11.1 Å². The van der Waals surface area contributed by atoms with Gasteiger partial charge in [-0.1, -0.05) is 21.6 Å². The lowest BCUT2D eigenvalue weighted by Gasteiger charge is -2.09. The monoisotopic (exact) mass is 366 g/mol. The second-order valence-electron chi connectivity index (χ2n) is 4.49. The van der Waals surface area contributed by atoms with Gasteiger partial charge in [0.05, 0.1) is 0 Å². The summed E-state index contributed by atoms with van der Waals surface area (Å²) in [6.45, 7) is 0. The molecule has 0 fully saturated rings. The number of hydrogen-bond donors (Lipinski definition) is 2. The van der Waals surface area contributed by atoms with Gasteiger partial charge in [-0.25, -0.2) is 0 Å². The number of carbonyl (C=O) groups is 2. The number of amides is 2. The van der Waals surface area contributed by atoms with Crippen molar-refractivity contribution >= 4 is 33.4 Å². The summed E-state index contributed by atoms with van der Waals surface area (Å²) in [6, 6.07) is 3.04. The van der Waals surface area contributed by atoms with Gasteiger partial charge in [0.2, 0.25) is 0 Å². The topological polar surface area (TPSA) is 112 Å². The fourth-order valence-corrected chi connectivity index (χ4v) is 4.07. The Morgan fingerprint density at radius 2 is 1.25 bits per heavy atom. The van der Waals surface area contributed by atoms with Crippen molar-refractivity contribution in [2.24, 2.45) is 0 Å². The van der Waals surface area contributed by atoms with Gasteiger partial charge in [0.25, 0.3) is 11.8 Å². The molecular weight excluding hydrogens is 352 g/mol. The van der Waals surface area contributed by atoms with Crippen LogP contribution in [-0.2, 0) is 0 Å². The van der Waals surface area contributed by atoms with E-state index >= 15 is 0 Å². The fourth-order valence-electron chi connectivity index (χ4n) is 1.78. The standard InChI is InChI=1S/C14H14N4O4S2/c1-15-13(19)9-7-17(21)5-3-11(9)23-24-12-4-6-18(22)8-10(12)14(20)16-2/h3-8H,1-2H3,(H,15,19)(H,16,20). The highest BCUT2D eigenvalue weighted by Crippen LogP contribution is 2.39. The van der Waals surface area contributed by atoms with E-state index in [1.807, 2.05) is 0 Å². The molecule has 126 valence electrons. The van der Waals surface area contributed by atoms with Crippen molar-refractivity contribution in [1.82, 2.24) is 10.6 Å². The minimum atomic E-state index is -0.389. The molecule has 8 nitrogen and oxygen atoms in total. The van der Waals surface area contributed by atoms with Crippen molar-refractivity contribution in [3.63, 3.8) is 0 Å². The second-order valence-corrected chi connectivity index (χ2v) is 6.70. The predicted octanol–water partition coefficient (Wildman–Crippen LogP) is 0.472. The van der Waals surface area contributed by atoms with Gasteiger partial charge in [-0.15, -0.1) is 0 Å². The predicted molar refractivity (Wildman–Crippen MR) is 89.3 cm³/mol. The minimum absolute atomic E-state index is 0.226. The van der Waals surface area contributed by atoms with Crippen LogP contribution in [0.3, 0.4) is 0 Å². The third kappa shape index (κ3) is 4.09.